The van der Waals surface area contributed by atoms with E-state index in [9.17, 15) is 28.2 Å². The number of hydrogen-bond acceptors (Lipinski definition) is 9. The molecule has 2 aromatic heterocycles. The smallest absolute Gasteiger partial charge is 0.390 e. The number of aromatic nitrogens is 5. The molecule has 2 aliphatic rings. The molecule has 1 aromatic carbocycles. The predicted molar refractivity (Wildman–Crippen MR) is 134 cm³/mol. The van der Waals surface area contributed by atoms with Crippen molar-refractivity contribution < 1.29 is 28.2 Å². The molecule has 6 atom stereocenters. The van der Waals surface area contributed by atoms with Gasteiger partial charge in [0.1, 0.15) is 12.6 Å². The zero-order chi connectivity index (χ0) is 27.0. The standard InChI is InChI=1S/C24H28F3N7O3S/c1-2-8-38-23-30-20(29-15-9-13(15)12-6-4-3-5-7-12)17-21(31-23)34(33-32-17)16-10-14(18(35)19(16)36)22(37)28-11-24(25,26)27/h3-7,13-16,18-19,35-36H,2,8-11H2,1H3,(H,28,37)(H,29,30,31). The summed E-state index contributed by atoms with van der Waals surface area (Å²) < 4.78 is 39.0. The fourth-order valence-corrected chi connectivity index (χ4v) is 5.51. The second kappa shape index (κ2) is 10.7. The van der Waals surface area contributed by atoms with E-state index in [1.807, 2.05) is 25.1 Å². The van der Waals surface area contributed by atoms with Crippen molar-refractivity contribution in [2.45, 2.75) is 67.7 Å². The molecular formula is C24H28F3N7O3S. The first-order valence-corrected chi connectivity index (χ1v) is 13.4. The Labute approximate surface area is 220 Å². The van der Waals surface area contributed by atoms with Gasteiger partial charge in [0, 0.05) is 17.7 Å². The summed E-state index contributed by atoms with van der Waals surface area (Å²) in [5, 5.41) is 35.3. The third kappa shape index (κ3) is 5.57. The number of thioether (sulfide) groups is 1. The molecule has 1 amide bonds. The molecule has 6 unspecified atom stereocenters. The molecule has 2 heterocycles. The van der Waals surface area contributed by atoms with E-state index in [1.165, 1.54) is 22.0 Å². The fourth-order valence-electron chi connectivity index (χ4n) is 4.82. The maximum atomic E-state index is 12.6. The Balaban J connectivity index is 1.40. The minimum absolute atomic E-state index is 0.132. The topological polar surface area (TPSA) is 138 Å². The molecule has 2 aliphatic carbocycles. The van der Waals surface area contributed by atoms with Crippen LogP contribution < -0.4 is 10.6 Å². The van der Waals surface area contributed by atoms with Gasteiger partial charge in [-0.15, -0.1) is 5.10 Å². The number of rotatable bonds is 9. The monoisotopic (exact) mass is 551 g/mol. The average Bonchev–Trinajstić information content (AvgIpc) is 3.43. The lowest BCUT2D eigenvalue weighted by atomic mass is 10.0. The zero-order valence-electron chi connectivity index (χ0n) is 20.5. The number of alkyl halides is 3. The van der Waals surface area contributed by atoms with Gasteiger partial charge < -0.3 is 20.8 Å². The summed E-state index contributed by atoms with van der Waals surface area (Å²) in [6.45, 7) is 0.513. The lowest BCUT2D eigenvalue weighted by molar-refractivity contribution is -0.143. The Kier molecular flexibility index (Phi) is 7.47. The number of nitrogens with zero attached hydrogens (tertiary/aromatic N) is 5. The van der Waals surface area contributed by atoms with Crippen molar-refractivity contribution in [1.29, 1.82) is 0 Å². The lowest BCUT2D eigenvalue weighted by Gasteiger charge is -2.17. The quantitative estimate of drug-likeness (QED) is 0.234. The van der Waals surface area contributed by atoms with Crippen LogP contribution in [0.2, 0.25) is 0 Å². The van der Waals surface area contributed by atoms with E-state index < -0.39 is 42.8 Å². The van der Waals surface area contributed by atoms with Crippen molar-refractivity contribution in [3.8, 4) is 0 Å². The van der Waals surface area contributed by atoms with Gasteiger partial charge in [-0.1, -0.05) is 54.2 Å². The number of amides is 1. The van der Waals surface area contributed by atoms with E-state index in [0.717, 1.165) is 18.6 Å². The van der Waals surface area contributed by atoms with Gasteiger partial charge in [0.25, 0.3) is 0 Å². The number of benzene rings is 1. The summed E-state index contributed by atoms with van der Waals surface area (Å²) in [6.07, 6.45) is -5.93. The number of carbonyl (C=O) groups excluding carboxylic acids is 1. The summed E-state index contributed by atoms with van der Waals surface area (Å²) in [4.78, 5) is 21.6. The SMILES string of the molecule is CCCSc1nc(NC2CC2c2ccccc2)c2nnn(C3CC(C(=O)NCC(F)(F)F)C(O)C3O)c2n1. The summed E-state index contributed by atoms with van der Waals surface area (Å²) in [5.41, 5.74) is 1.90. The number of hydrogen-bond donors (Lipinski definition) is 4. The van der Waals surface area contributed by atoms with Crippen LogP contribution in [0.4, 0.5) is 19.0 Å². The zero-order valence-corrected chi connectivity index (χ0v) is 21.3. The van der Waals surface area contributed by atoms with Gasteiger partial charge in [-0.05, 0) is 24.8 Å². The summed E-state index contributed by atoms with van der Waals surface area (Å²) in [7, 11) is 0. The molecule has 3 aromatic rings. The highest BCUT2D eigenvalue weighted by molar-refractivity contribution is 7.99. The number of halogens is 3. The Morgan fingerprint density at radius 1 is 1.16 bits per heavy atom. The molecule has 0 aliphatic heterocycles. The molecular weight excluding hydrogens is 523 g/mol. The van der Waals surface area contributed by atoms with Crippen LogP contribution in [0.15, 0.2) is 35.5 Å². The van der Waals surface area contributed by atoms with Crippen molar-refractivity contribution in [2.75, 3.05) is 17.6 Å². The Bertz CT molecular complexity index is 1290. The van der Waals surface area contributed by atoms with Crippen molar-refractivity contribution in [2.24, 2.45) is 5.92 Å². The third-order valence-electron chi connectivity index (χ3n) is 6.84. The van der Waals surface area contributed by atoms with E-state index in [2.05, 4.69) is 37.7 Å². The number of anilines is 1. The van der Waals surface area contributed by atoms with E-state index in [0.29, 0.717) is 28.1 Å². The highest BCUT2D eigenvalue weighted by Gasteiger charge is 2.48. The van der Waals surface area contributed by atoms with Crippen LogP contribution >= 0.6 is 11.8 Å². The van der Waals surface area contributed by atoms with Gasteiger partial charge in [0.05, 0.1) is 18.1 Å². The van der Waals surface area contributed by atoms with Gasteiger partial charge in [-0.3, -0.25) is 4.79 Å². The number of aliphatic hydroxyl groups excluding tert-OH is 2. The van der Waals surface area contributed by atoms with Crippen LogP contribution in [0.3, 0.4) is 0 Å². The van der Waals surface area contributed by atoms with Crippen LogP contribution in [0.5, 0.6) is 0 Å². The maximum absolute atomic E-state index is 12.6. The second-order valence-electron chi connectivity index (χ2n) is 9.64. The van der Waals surface area contributed by atoms with E-state index in [-0.39, 0.29) is 12.5 Å². The number of aliphatic hydroxyl groups is 2. The molecule has 0 spiro atoms. The van der Waals surface area contributed by atoms with E-state index in [4.69, 9.17) is 0 Å². The molecule has 14 heteroatoms. The van der Waals surface area contributed by atoms with Crippen molar-refractivity contribution in [3.05, 3.63) is 35.9 Å². The molecule has 0 bridgehead atoms. The van der Waals surface area contributed by atoms with Crippen LogP contribution in [-0.4, -0.2) is 77.8 Å². The number of nitrogens with one attached hydrogen (secondary N) is 2. The fraction of sp³-hybridized carbons (Fsp3) is 0.542. The first-order valence-electron chi connectivity index (χ1n) is 12.4. The number of carbonyl (C=O) groups is 1. The summed E-state index contributed by atoms with van der Waals surface area (Å²) >= 11 is 1.45. The second-order valence-corrected chi connectivity index (χ2v) is 10.7. The molecule has 204 valence electrons. The van der Waals surface area contributed by atoms with Gasteiger partial charge in [-0.25, -0.2) is 14.6 Å². The van der Waals surface area contributed by atoms with Gasteiger partial charge >= 0.3 is 6.18 Å². The molecule has 0 radical (unpaired) electrons. The maximum Gasteiger partial charge on any atom is 0.405 e. The van der Waals surface area contributed by atoms with Crippen molar-refractivity contribution in [1.82, 2.24) is 30.3 Å². The summed E-state index contributed by atoms with van der Waals surface area (Å²) in [6, 6.07) is 9.35. The first-order chi connectivity index (χ1) is 18.2. The first kappa shape index (κ1) is 26.6. The Morgan fingerprint density at radius 3 is 2.63 bits per heavy atom. The predicted octanol–water partition coefficient (Wildman–Crippen LogP) is 2.65. The van der Waals surface area contributed by atoms with E-state index >= 15 is 0 Å². The minimum atomic E-state index is -4.59. The highest BCUT2D eigenvalue weighted by atomic mass is 32.2. The molecule has 2 saturated carbocycles. The Hall–Kier alpha value is -2.97. The van der Waals surface area contributed by atoms with Crippen LogP contribution in [0.1, 0.15) is 43.7 Å². The van der Waals surface area contributed by atoms with Crippen molar-refractivity contribution in [3.63, 3.8) is 0 Å². The van der Waals surface area contributed by atoms with Crippen molar-refractivity contribution >= 4 is 34.7 Å². The van der Waals surface area contributed by atoms with Gasteiger partial charge in [-0.2, -0.15) is 13.2 Å². The van der Waals surface area contributed by atoms with Gasteiger partial charge in [0.2, 0.25) is 5.91 Å². The molecule has 10 nitrogen and oxygen atoms in total. The highest BCUT2D eigenvalue weighted by Crippen LogP contribution is 2.43. The third-order valence-corrected chi connectivity index (χ3v) is 7.90. The summed E-state index contributed by atoms with van der Waals surface area (Å²) in [5.74, 6) is -0.642. The number of fused-ring (bicyclic) bond motifs is 1. The largest absolute Gasteiger partial charge is 0.405 e. The molecule has 2 fully saturated rings. The van der Waals surface area contributed by atoms with Gasteiger partial charge in [0.15, 0.2) is 22.1 Å². The molecule has 0 saturated heterocycles. The minimum Gasteiger partial charge on any atom is -0.390 e. The molecule has 5 rings (SSSR count). The normalized spacial score (nSPS) is 27.0. The van der Waals surface area contributed by atoms with E-state index in [1.54, 1.807) is 5.32 Å². The van der Waals surface area contributed by atoms with Crippen LogP contribution in [-0.2, 0) is 4.79 Å². The average molecular weight is 552 g/mol. The van der Waals surface area contributed by atoms with Crippen LogP contribution in [0, 0.1) is 5.92 Å². The Morgan fingerprint density at radius 2 is 1.92 bits per heavy atom. The molecule has 4 N–H and O–H groups in total. The van der Waals surface area contributed by atoms with Crippen LogP contribution in [0.25, 0.3) is 11.2 Å². The lowest BCUT2D eigenvalue weighted by Crippen LogP contribution is -2.41. The molecule has 38 heavy (non-hydrogen) atoms.